The summed E-state index contributed by atoms with van der Waals surface area (Å²) in [5.41, 5.74) is 9.79. The van der Waals surface area contributed by atoms with Gasteiger partial charge in [0.1, 0.15) is 11.2 Å². The Balaban J connectivity index is 1.10. The molecule has 0 amide bonds. The number of nitrogens with zero attached hydrogens (tertiary/aromatic N) is 2. The first-order valence-electron chi connectivity index (χ1n) is 16.4. The molecular formula is C45H28N2OS. The number of fused-ring (bicyclic) bond motifs is 8. The van der Waals surface area contributed by atoms with Crippen LogP contribution >= 0.6 is 11.3 Å². The third-order valence-corrected chi connectivity index (χ3v) is 10.7. The maximum absolute atomic E-state index is 6.17. The molecular weight excluding hydrogens is 617 g/mol. The third-order valence-electron chi connectivity index (χ3n) is 9.54. The van der Waals surface area contributed by atoms with E-state index >= 15 is 0 Å². The van der Waals surface area contributed by atoms with E-state index in [0.717, 1.165) is 50.1 Å². The van der Waals surface area contributed by atoms with E-state index < -0.39 is 0 Å². The van der Waals surface area contributed by atoms with Crippen LogP contribution in [0.15, 0.2) is 175 Å². The Morgan fingerprint density at radius 3 is 2.08 bits per heavy atom. The van der Waals surface area contributed by atoms with Gasteiger partial charge in [-0.3, -0.25) is 4.98 Å². The lowest BCUT2D eigenvalue weighted by atomic mass is 9.98. The fraction of sp³-hybridized carbons (Fsp3) is 0. The number of pyridine rings is 1. The zero-order chi connectivity index (χ0) is 32.3. The molecule has 10 rings (SSSR count). The number of hydrogen-bond acceptors (Lipinski definition) is 4. The molecule has 7 aromatic carbocycles. The molecule has 0 saturated carbocycles. The number of benzene rings is 7. The topological polar surface area (TPSA) is 29.3 Å². The Bertz CT molecular complexity index is 2830. The predicted molar refractivity (Wildman–Crippen MR) is 207 cm³/mol. The van der Waals surface area contributed by atoms with Gasteiger partial charge in [-0.05, 0) is 93.7 Å². The largest absolute Gasteiger partial charge is 0.456 e. The lowest BCUT2D eigenvalue weighted by Crippen LogP contribution is -2.09. The van der Waals surface area contributed by atoms with E-state index in [-0.39, 0.29) is 0 Å². The number of furan rings is 1. The Labute approximate surface area is 286 Å². The van der Waals surface area contributed by atoms with Crippen molar-refractivity contribution in [1.29, 1.82) is 0 Å². The monoisotopic (exact) mass is 644 g/mol. The summed E-state index contributed by atoms with van der Waals surface area (Å²) in [6, 6.07) is 56.7. The molecule has 0 aliphatic carbocycles. The number of thiophene rings is 1. The van der Waals surface area contributed by atoms with Crippen molar-refractivity contribution in [3.8, 4) is 22.3 Å². The van der Waals surface area contributed by atoms with E-state index in [2.05, 4.69) is 162 Å². The van der Waals surface area contributed by atoms with E-state index in [1.54, 1.807) is 6.20 Å². The molecule has 0 bridgehead atoms. The molecule has 3 aromatic heterocycles. The van der Waals surface area contributed by atoms with Crippen molar-refractivity contribution >= 4 is 81.3 Å². The molecule has 0 unspecified atom stereocenters. The summed E-state index contributed by atoms with van der Waals surface area (Å²) in [7, 11) is 0. The zero-order valence-electron chi connectivity index (χ0n) is 26.4. The van der Waals surface area contributed by atoms with E-state index in [1.807, 2.05) is 23.6 Å². The Morgan fingerprint density at radius 1 is 0.449 bits per heavy atom. The molecule has 0 aliphatic heterocycles. The second-order valence-corrected chi connectivity index (χ2v) is 13.5. The highest BCUT2D eigenvalue weighted by atomic mass is 32.1. The predicted octanol–water partition coefficient (Wildman–Crippen LogP) is 13.3. The molecule has 3 heterocycles. The van der Waals surface area contributed by atoms with Crippen molar-refractivity contribution in [2.45, 2.75) is 0 Å². The summed E-state index contributed by atoms with van der Waals surface area (Å²) < 4.78 is 8.76. The Morgan fingerprint density at radius 2 is 1.16 bits per heavy atom. The van der Waals surface area contributed by atoms with Gasteiger partial charge in [0.2, 0.25) is 0 Å². The van der Waals surface area contributed by atoms with Gasteiger partial charge in [-0.2, -0.15) is 0 Å². The molecule has 0 spiro atoms. The fourth-order valence-electron chi connectivity index (χ4n) is 7.18. The SMILES string of the molecule is c1ccc(-c2cccc(N(c3ccc(-c4ccc5ccc6oc7ccncc7c6c5c4)cc3)c3ccc4c(c3)sc3ccccc34)c2)cc1. The van der Waals surface area contributed by atoms with Crippen LogP contribution in [0.5, 0.6) is 0 Å². The number of hydrogen-bond donors (Lipinski definition) is 0. The molecule has 0 aliphatic rings. The molecule has 0 atom stereocenters. The van der Waals surface area contributed by atoms with E-state index in [4.69, 9.17) is 4.42 Å². The van der Waals surface area contributed by atoms with Crippen LogP contribution in [-0.2, 0) is 0 Å². The summed E-state index contributed by atoms with van der Waals surface area (Å²) in [4.78, 5) is 6.75. The van der Waals surface area contributed by atoms with Gasteiger partial charge in [0.25, 0.3) is 0 Å². The van der Waals surface area contributed by atoms with Gasteiger partial charge in [-0.1, -0.05) is 97.1 Å². The highest BCUT2D eigenvalue weighted by Crippen LogP contribution is 2.42. The van der Waals surface area contributed by atoms with E-state index in [9.17, 15) is 0 Å². The molecule has 0 radical (unpaired) electrons. The second-order valence-electron chi connectivity index (χ2n) is 12.4. The lowest BCUT2D eigenvalue weighted by Gasteiger charge is -2.26. The minimum atomic E-state index is 0.859. The summed E-state index contributed by atoms with van der Waals surface area (Å²) in [6.07, 6.45) is 3.68. The molecule has 0 fully saturated rings. The maximum atomic E-state index is 6.17. The van der Waals surface area contributed by atoms with Crippen molar-refractivity contribution in [3.63, 3.8) is 0 Å². The summed E-state index contributed by atoms with van der Waals surface area (Å²) in [6.45, 7) is 0. The van der Waals surface area contributed by atoms with E-state index in [1.165, 1.54) is 42.1 Å². The summed E-state index contributed by atoms with van der Waals surface area (Å²) in [5.74, 6) is 0. The molecule has 49 heavy (non-hydrogen) atoms. The average Bonchev–Trinajstić information content (AvgIpc) is 3.74. The molecule has 3 nitrogen and oxygen atoms in total. The minimum Gasteiger partial charge on any atom is -0.456 e. The number of anilines is 3. The van der Waals surface area contributed by atoms with Crippen LogP contribution in [0.4, 0.5) is 17.1 Å². The van der Waals surface area contributed by atoms with Crippen LogP contribution in [0.2, 0.25) is 0 Å². The number of rotatable bonds is 5. The van der Waals surface area contributed by atoms with Gasteiger partial charge < -0.3 is 9.32 Å². The first-order chi connectivity index (χ1) is 24.3. The Hall–Kier alpha value is -6.23. The van der Waals surface area contributed by atoms with Gasteiger partial charge >= 0.3 is 0 Å². The van der Waals surface area contributed by atoms with E-state index in [0.29, 0.717) is 0 Å². The fourth-order valence-corrected chi connectivity index (χ4v) is 8.32. The van der Waals surface area contributed by atoms with Crippen LogP contribution in [-0.4, -0.2) is 4.98 Å². The van der Waals surface area contributed by atoms with Crippen LogP contribution in [0.1, 0.15) is 0 Å². The van der Waals surface area contributed by atoms with Crippen LogP contribution in [0.25, 0.3) is 75.1 Å². The quantitative estimate of drug-likeness (QED) is 0.187. The zero-order valence-corrected chi connectivity index (χ0v) is 27.2. The van der Waals surface area contributed by atoms with Crippen molar-refractivity contribution in [3.05, 3.63) is 170 Å². The van der Waals surface area contributed by atoms with Crippen LogP contribution < -0.4 is 4.90 Å². The van der Waals surface area contributed by atoms with Crippen molar-refractivity contribution in [2.24, 2.45) is 0 Å². The summed E-state index contributed by atoms with van der Waals surface area (Å²) in [5, 5.41) is 7.11. The standard InChI is InChI=1S/C45H28N2OS/c1-2-7-29(8-3-1)32-9-6-10-35(25-32)47(36-20-21-38-37-11-4-5-12-43(37)49-44(38)27-36)34-18-15-30(16-19-34)33-14-13-31-17-22-42-45(39(31)26-33)40-28-46-24-23-41(40)48-42/h1-28H. The molecule has 230 valence electrons. The number of aromatic nitrogens is 1. The summed E-state index contributed by atoms with van der Waals surface area (Å²) >= 11 is 1.85. The lowest BCUT2D eigenvalue weighted by molar-refractivity contribution is 0.668. The van der Waals surface area contributed by atoms with Gasteiger partial charge in [0, 0.05) is 60.4 Å². The molecule has 4 heteroatoms. The van der Waals surface area contributed by atoms with Gasteiger partial charge in [-0.25, -0.2) is 0 Å². The average molecular weight is 645 g/mol. The highest BCUT2D eigenvalue weighted by Gasteiger charge is 2.17. The van der Waals surface area contributed by atoms with Gasteiger partial charge in [-0.15, -0.1) is 11.3 Å². The molecule has 0 N–H and O–H groups in total. The van der Waals surface area contributed by atoms with Crippen molar-refractivity contribution < 1.29 is 4.42 Å². The highest BCUT2D eigenvalue weighted by molar-refractivity contribution is 7.25. The van der Waals surface area contributed by atoms with Gasteiger partial charge in [0.15, 0.2) is 0 Å². The third kappa shape index (κ3) is 4.68. The first kappa shape index (κ1) is 27.8. The molecule has 0 saturated heterocycles. The maximum Gasteiger partial charge on any atom is 0.138 e. The normalized spacial score (nSPS) is 11.7. The van der Waals surface area contributed by atoms with Crippen LogP contribution in [0.3, 0.4) is 0 Å². The van der Waals surface area contributed by atoms with Crippen LogP contribution in [0, 0.1) is 0 Å². The second kappa shape index (κ2) is 11.2. The smallest absolute Gasteiger partial charge is 0.138 e. The Kier molecular flexibility index (Phi) is 6.36. The van der Waals surface area contributed by atoms with Gasteiger partial charge in [0.05, 0.1) is 0 Å². The van der Waals surface area contributed by atoms with Crippen molar-refractivity contribution in [1.82, 2.24) is 4.98 Å². The molecule has 10 aromatic rings. The van der Waals surface area contributed by atoms with Crippen molar-refractivity contribution in [2.75, 3.05) is 4.90 Å². The minimum absolute atomic E-state index is 0.859. The first-order valence-corrected chi connectivity index (χ1v) is 17.2.